The summed E-state index contributed by atoms with van der Waals surface area (Å²) in [6.07, 6.45) is 2.45. The minimum Gasteiger partial charge on any atom is -0.497 e. The Morgan fingerprint density at radius 3 is 2.55 bits per heavy atom. The smallest absolute Gasteiger partial charge is 0.253 e. The van der Waals surface area contributed by atoms with Crippen LogP contribution in [-0.2, 0) is 11.3 Å². The molecule has 8 heteroatoms. The average molecular weight is 437 g/mol. The summed E-state index contributed by atoms with van der Waals surface area (Å²) in [5.74, 6) is 1.39. The molecule has 0 fully saturated rings. The maximum atomic E-state index is 12.8. The van der Waals surface area contributed by atoms with Gasteiger partial charge in [0.25, 0.3) is 5.91 Å². The number of hydrogen-bond donors (Lipinski definition) is 2. The van der Waals surface area contributed by atoms with Crippen LogP contribution < -0.4 is 20.1 Å². The number of rotatable bonds is 10. The normalized spacial score (nSPS) is 11.4. The molecule has 0 aromatic heterocycles. The highest BCUT2D eigenvalue weighted by Gasteiger charge is 2.22. The van der Waals surface area contributed by atoms with Crippen LogP contribution in [0.15, 0.2) is 42.5 Å². The van der Waals surface area contributed by atoms with Crippen molar-refractivity contribution in [1.29, 1.82) is 0 Å². The molecule has 2 aromatic rings. The zero-order valence-corrected chi connectivity index (χ0v) is 18.2. The van der Waals surface area contributed by atoms with Crippen LogP contribution in [0.4, 0.5) is 0 Å². The van der Waals surface area contributed by atoms with Crippen LogP contribution in [0.1, 0.15) is 22.3 Å². The van der Waals surface area contributed by atoms with E-state index < -0.39 is 6.04 Å². The van der Waals surface area contributed by atoms with Crippen molar-refractivity contribution < 1.29 is 19.1 Å². The first-order valence-electron chi connectivity index (χ1n) is 9.03. The summed E-state index contributed by atoms with van der Waals surface area (Å²) >= 11 is 7.70. The van der Waals surface area contributed by atoms with E-state index in [1.54, 1.807) is 68.4 Å². The molecule has 0 heterocycles. The van der Waals surface area contributed by atoms with Crippen LogP contribution in [0.2, 0.25) is 5.02 Å². The predicted octanol–water partition coefficient (Wildman–Crippen LogP) is 3.53. The average Bonchev–Trinajstić information content (AvgIpc) is 2.74. The van der Waals surface area contributed by atoms with E-state index in [2.05, 4.69) is 10.6 Å². The molecule has 2 rings (SSSR count). The molecule has 1 atom stereocenters. The van der Waals surface area contributed by atoms with Gasteiger partial charge in [-0.1, -0.05) is 23.7 Å². The summed E-state index contributed by atoms with van der Waals surface area (Å²) in [7, 11) is 3.14. The van der Waals surface area contributed by atoms with Crippen molar-refractivity contribution in [2.45, 2.75) is 19.0 Å². The minimum absolute atomic E-state index is 0.247. The number of carbonyl (C=O) groups is 2. The van der Waals surface area contributed by atoms with Gasteiger partial charge in [-0.15, -0.1) is 0 Å². The van der Waals surface area contributed by atoms with E-state index in [1.165, 1.54) is 0 Å². The topological polar surface area (TPSA) is 76.7 Å². The molecule has 6 nitrogen and oxygen atoms in total. The summed E-state index contributed by atoms with van der Waals surface area (Å²) in [6.45, 7) is 0.247. The largest absolute Gasteiger partial charge is 0.497 e. The maximum Gasteiger partial charge on any atom is 0.253 e. The van der Waals surface area contributed by atoms with Crippen LogP contribution in [0, 0.1) is 0 Å². The Morgan fingerprint density at radius 1 is 1.14 bits per heavy atom. The van der Waals surface area contributed by atoms with Crippen molar-refractivity contribution in [3.63, 3.8) is 0 Å². The van der Waals surface area contributed by atoms with Gasteiger partial charge >= 0.3 is 0 Å². The van der Waals surface area contributed by atoms with Gasteiger partial charge < -0.3 is 20.1 Å². The summed E-state index contributed by atoms with van der Waals surface area (Å²) in [6, 6.07) is 11.4. The molecule has 29 heavy (non-hydrogen) atoms. The van der Waals surface area contributed by atoms with Crippen LogP contribution in [0.5, 0.6) is 11.5 Å². The number of methoxy groups -OCH3 is 2. The first-order valence-corrected chi connectivity index (χ1v) is 10.8. The molecule has 0 saturated carbocycles. The fourth-order valence-electron chi connectivity index (χ4n) is 2.71. The van der Waals surface area contributed by atoms with Gasteiger partial charge in [-0.25, -0.2) is 0 Å². The van der Waals surface area contributed by atoms with Crippen LogP contribution in [0.25, 0.3) is 0 Å². The Kier molecular flexibility index (Phi) is 9.15. The summed E-state index contributed by atoms with van der Waals surface area (Å²) in [4.78, 5) is 25.4. The van der Waals surface area contributed by atoms with Crippen molar-refractivity contribution in [3.05, 3.63) is 58.6 Å². The highest BCUT2D eigenvalue weighted by Crippen LogP contribution is 2.23. The van der Waals surface area contributed by atoms with Crippen molar-refractivity contribution in [2.75, 3.05) is 26.2 Å². The number of hydrogen-bond acceptors (Lipinski definition) is 5. The first kappa shape index (κ1) is 22.9. The second-order valence-corrected chi connectivity index (χ2v) is 7.58. The SMILES string of the molecule is COc1ccc(OC)c(CNC(=O)C(CCSC)NC(=O)c2ccccc2Cl)c1. The lowest BCUT2D eigenvalue weighted by atomic mass is 10.1. The van der Waals surface area contributed by atoms with E-state index in [1.807, 2.05) is 6.26 Å². The zero-order chi connectivity index (χ0) is 21.2. The Labute approximate surface area is 180 Å². The van der Waals surface area contributed by atoms with Crippen molar-refractivity contribution in [1.82, 2.24) is 10.6 Å². The molecular formula is C21H25ClN2O4S. The van der Waals surface area contributed by atoms with Gasteiger partial charge in [0.2, 0.25) is 5.91 Å². The molecule has 2 amide bonds. The van der Waals surface area contributed by atoms with Crippen LogP contribution >= 0.6 is 23.4 Å². The van der Waals surface area contributed by atoms with Crippen molar-refractivity contribution in [3.8, 4) is 11.5 Å². The number of ether oxygens (including phenoxy) is 2. The second kappa shape index (κ2) is 11.6. The molecule has 0 saturated heterocycles. The Morgan fingerprint density at radius 2 is 1.90 bits per heavy atom. The van der Waals surface area contributed by atoms with Gasteiger partial charge in [0.15, 0.2) is 0 Å². The number of benzene rings is 2. The van der Waals surface area contributed by atoms with E-state index in [0.717, 1.165) is 11.3 Å². The van der Waals surface area contributed by atoms with E-state index in [4.69, 9.17) is 21.1 Å². The fourth-order valence-corrected chi connectivity index (χ4v) is 3.40. The number of thioether (sulfide) groups is 1. The monoisotopic (exact) mass is 436 g/mol. The lowest BCUT2D eigenvalue weighted by molar-refractivity contribution is -0.123. The van der Waals surface area contributed by atoms with E-state index in [0.29, 0.717) is 28.5 Å². The summed E-state index contributed by atoms with van der Waals surface area (Å²) in [5.41, 5.74) is 1.12. The Hall–Kier alpha value is -2.38. The molecule has 2 N–H and O–H groups in total. The molecule has 0 spiro atoms. The van der Waals surface area contributed by atoms with Crippen LogP contribution in [-0.4, -0.2) is 44.1 Å². The summed E-state index contributed by atoms with van der Waals surface area (Å²) in [5, 5.41) is 6.01. The van der Waals surface area contributed by atoms with Crippen LogP contribution in [0.3, 0.4) is 0 Å². The molecule has 2 aromatic carbocycles. The third-order valence-corrected chi connectivity index (χ3v) is 5.27. The first-order chi connectivity index (χ1) is 14.0. The number of carbonyl (C=O) groups excluding carboxylic acids is 2. The molecule has 0 radical (unpaired) electrons. The standard InChI is InChI=1S/C21H25ClN2O4S/c1-27-15-8-9-19(28-2)14(12-15)13-23-21(26)18(10-11-29-3)24-20(25)16-6-4-5-7-17(16)22/h4-9,12,18H,10-11,13H2,1-3H3,(H,23,26)(H,24,25). The fraction of sp³-hybridized carbons (Fsp3) is 0.333. The molecule has 0 aliphatic heterocycles. The third kappa shape index (κ3) is 6.58. The molecule has 1 unspecified atom stereocenters. The van der Waals surface area contributed by atoms with Gasteiger partial charge in [-0.2, -0.15) is 11.8 Å². The maximum absolute atomic E-state index is 12.8. The van der Waals surface area contributed by atoms with Gasteiger partial charge in [0.1, 0.15) is 17.5 Å². The highest BCUT2D eigenvalue weighted by molar-refractivity contribution is 7.98. The number of halogens is 1. The van der Waals surface area contributed by atoms with E-state index >= 15 is 0 Å². The lowest BCUT2D eigenvalue weighted by Gasteiger charge is -2.19. The van der Waals surface area contributed by atoms with Crippen molar-refractivity contribution >= 4 is 35.2 Å². The third-order valence-electron chi connectivity index (χ3n) is 4.29. The minimum atomic E-state index is -0.678. The second-order valence-electron chi connectivity index (χ2n) is 6.18. The molecule has 0 aliphatic carbocycles. The number of nitrogens with one attached hydrogen (secondary N) is 2. The summed E-state index contributed by atoms with van der Waals surface area (Å²) < 4.78 is 10.6. The Bertz CT molecular complexity index is 847. The van der Waals surface area contributed by atoms with Gasteiger partial charge in [-0.3, -0.25) is 9.59 Å². The van der Waals surface area contributed by atoms with E-state index in [-0.39, 0.29) is 18.4 Å². The predicted molar refractivity (Wildman–Crippen MR) is 117 cm³/mol. The quantitative estimate of drug-likeness (QED) is 0.595. The van der Waals surface area contributed by atoms with Gasteiger partial charge in [-0.05, 0) is 48.8 Å². The molecular weight excluding hydrogens is 412 g/mol. The lowest BCUT2D eigenvalue weighted by Crippen LogP contribution is -2.47. The highest BCUT2D eigenvalue weighted by atomic mass is 35.5. The van der Waals surface area contributed by atoms with Gasteiger partial charge in [0.05, 0.1) is 24.8 Å². The van der Waals surface area contributed by atoms with Gasteiger partial charge in [0, 0.05) is 12.1 Å². The molecule has 0 bridgehead atoms. The molecule has 156 valence electrons. The van der Waals surface area contributed by atoms with E-state index in [9.17, 15) is 9.59 Å². The Balaban J connectivity index is 2.09. The van der Waals surface area contributed by atoms with Crippen molar-refractivity contribution in [2.24, 2.45) is 0 Å². The number of amides is 2. The molecule has 0 aliphatic rings. The zero-order valence-electron chi connectivity index (χ0n) is 16.7.